The number of hydrogen-bond acceptors (Lipinski definition) is 4. The molecule has 0 bridgehead atoms. The molecule has 0 aromatic heterocycles. The molecule has 2 aromatic carbocycles. The zero-order valence-corrected chi connectivity index (χ0v) is 15.5. The highest BCUT2D eigenvalue weighted by atomic mass is 16.5. The number of benzene rings is 2. The van der Waals surface area contributed by atoms with E-state index in [0.717, 1.165) is 29.0 Å². The molecule has 26 heavy (non-hydrogen) atoms. The number of carbonyl (C=O) groups is 1. The average Bonchev–Trinajstić information content (AvgIpc) is 2.99. The normalized spacial score (nSPS) is 15.1. The highest BCUT2D eigenvalue weighted by Gasteiger charge is 2.22. The number of amides is 1. The minimum atomic E-state index is -0.175. The van der Waals surface area contributed by atoms with Gasteiger partial charge in [0.25, 0.3) is 5.91 Å². The van der Waals surface area contributed by atoms with Gasteiger partial charge in [0.2, 0.25) is 0 Å². The van der Waals surface area contributed by atoms with Gasteiger partial charge in [-0.25, -0.2) is 0 Å². The largest absolute Gasteiger partial charge is 0.494 e. The van der Waals surface area contributed by atoms with Gasteiger partial charge in [0.15, 0.2) is 0 Å². The zero-order valence-electron chi connectivity index (χ0n) is 15.5. The lowest BCUT2D eigenvalue weighted by Crippen LogP contribution is -2.24. The fraction of sp³-hybridized carbons (Fsp3) is 0.381. The Labute approximate surface area is 154 Å². The first-order chi connectivity index (χ1) is 12.6. The van der Waals surface area contributed by atoms with Gasteiger partial charge in [-0.15, -0.1) is 0 Å². The minimum absolute atomic E-state index is 0.169. The molecule has 1 amide bonds. The number of rotatable bonds is 7. The van der Waals surface area contributed by atoms with Crippen molar-refractivity contribution in [1.82, 2.24) is 5.32 Å². The Kier molecular flexibility index (Phi) is 5.66. The molecule has 2 aromatic rings. The van der Waals surface area contributed by atoms with E-state index in [-0.39, 0.29) is 12.0 Å². The van der Waals surface area contributed by atoms with E-state index in [4.69, 9.17) is 14.2 Å². The molecule has 0 fully saturated rings. The van der Waals surface area contributed by atoms with Crippen molar-refractivity contribution < 1.29 is 19.0 Å². The molecule has 1 heterocycles. The molecule has 0 saturated heterocycles. The van der Waals surface area contributed by atoms with Gasteiger partial charge in [0, 0.05) is 24.1 Å². The smallest absolute Gasteiger partial charge is 0.255 e. The van der Waals surface area contributed by atoms with E-state index in [1.807, 2.05) is 45.0 Å². The van der Waals surface area contributed by atoms with Gasteiger partial charge in [-0.1, -0.05) is 12.1 Å². The highest BCUT2D eigenvalue weighted by Crippen LogP contribution is 2.35. The van der Waals surface area contributed by atoms with Gasteiger partial charge in [-0.3, -0.25) is 4.79 Å². The molecule has 3 rings (SSSR count). The first-order valence-corrected chi connectivity index (χ1v) is 9.07. The Bertz CT molecular complexity index is 788. The topological polar surface area (TPSA) is 56.8 Å². The van der Waals surface area contributed by atoms with Crippen molar-refractivity contribution in [2.24, 2.45) is 0 Å². The molecule has 1 N–H and O–H groups in total. The summed E-state index contributed by atoms with van der Waals surface area (Å²) in [6.07, 6.45) is 1.05. The van der Waals surface area contributed by atoms with Crippen LogP contribution in [0.4, 0.5) is 0 Å². The SMILES string of the molecule is CCOc1cc2c(cc1CNC(=O)c1ccccc1OCC)O[C@@H](C)C2. The standard InChI is InChI=1S/C21H25NO4/c1-4-24-18-9-7-6-8-17(18)21(23)22-13-16-12-20-15(10-14(3)26-20)11-19(16)25-5-2/h6-9,11-12,14H,4-5,10,13H2,1-3H3,(H,22,23)/t14-/m0/s1. The second-order valence-corrected chi connectivity index (χ2v) is 6.25. The van der Waals surface area contributed by atoms with E-state index in [2.05, 4.69) is 5.32 Å². The van der Waals surface area contributed by atoms with Crippen LogP contribution in [0.15, 0.2) is 36.4 Å². The third-order valence-corrected chi connectivity index (χ3v) is 4.25. The number of para-hydroxylation sites is 1. The van der Waals surface area contributed by atoms with Gasteiger partial charge in [-0.05, 0) is 45.0 Å². The summed E-state index contributed by atoms with van der Waals surface area (Å²) in [5, 5.41) is 2.96. The lowest BCUT2D eigenvalue weighted by molar-refractivity contribution is 0.0946. The van der Waals surface area contributed by atoms with Gasteiger partial charge in [0.1, 0.15) is 23.4 Å². The summed E-state index contributed by atoms with van der Waals surface area (Å²) in [5.41, 5.74) is 2.58. The van der Waals surface area contributed by atoms with E-state index in [0.29, 0.717) is 31.1 Å². The molecule has 1 atom stereocenters. The number of fused-ring (bicyclic) bond motifs is 1. The molecule has 0 radical (unpaired) electrons. The van der Waals surface area contributed by atoms with Crippen LogP contribution in [0.5, 0.6) is 17.2 Å². The molecule has 0 aliphatic carbocycles. The third-order valence-electron chi connectivity index (χ3n) is 4.25. The lowest BCUT2D eigenvalue weighted by Gasteiger charge is -2.14. The predicted octanol–water partition coefficient (Wildman–Crippen LogP) is 3.74. The van der Waals surface area contributed by atoms with E-state index in [9.17, 15) is 4.79 Å². The average molecular weight is 355 g/mol. The maximum absolute atomic E-state index is 12.6. The number of carbonyl (C=O) groups excluding carboxylic acids is 1. The number of ether oxygens (including phenoxy) is 3. The Morgan fingerprint density at radius 2 is 1.88 bits per heavy atom. The van der Waals surface area contributed by atoms with Crippen LogP contribution in [0.1, 0.15) is 42.3 Å². The van der Waals surface area contributed by atoms with E-state index in [1.54, 1.807) is 12.1 Å². The van der Waals surface area contributed by atoms with Crippen molar-refractivity contribution in [3.05, 3.63) is 53.1 Å². The first-order valence-electron chi connectivity index (χ1n) is 9.07. The van der Waals surface area contributed by atoms with Crippen LogP contribution in [-0.2, 0) is 13.0 Å². The molecule has 0 saturated carbocycles. The van der Waals surface area contributed by atoms with Crippen LogP contribution >= 0.6 is 0 Å². The molecule has 138 valence electrons. The quantitative estimate of drug-likeness (QED) is 0.822. The van der Waals surface area contributed by atoms with Crippen LogP contribution < -0.4 is 19.5 Å². The zero-order chi connectivity index (χ0) is 18.5. The van der Waals surface area contributed by atoms with Crippen LogP contribution in [-0.4, -0.2) is 25.2 Å². The van der Waals surface area contributed by atoms with Gasteiger partial charge < -0.3 is 19.5 Å². The summed E-state index contributed by atoms with van der Waals surface area (Å²) < 4.78 is 17.1. The van der Waals surface area contributed by atoms with Crippen LogP contribution in [0.3, 0.4) is 0 Å². The molecule has 1 aliphatic rings. The summed E-state index contributed by atoms with van der Waals surface area (Å²) in [7, 11) is 0. The summed E-state index contributed by atoms with van der Waals surface area (Å²) in [6.45, 7) is 7.34. The molecular formula is C21H25NO4. The fourth-order valence-corrected chi connectivity index (χ4v) is 3.12. The summed E-state index contributed by atoms with van der Waals surface area (Å²) in [4.78, 5) is 12.6. The van der Waals surface area contributed by atoms with Crippen LogP contribution in [0.25, 0.3) is 0 Å². The van der Waals surface area contributed by atoms with Gasteiger partial charge in [-0.2, -0.15) is 0 Å². The van der Waals surface area contributed by atoms with Gasteiger partial charge >= 0.3 is 0 Å². The fourth-order valence-electron chi connectivity index (χ4n) is 3.12. The first kappa shape index (κ1) is 18.1. The minimum Gasteiger partial charge on any atom is -0.494 e. The number of hydrogen-bond donors (Lipinski definition) is 1. The Morgan fingerprint density at radius 1 is 1.15 bits per heavy atom. The number of nitrogens with one attached hydrogen (secondary N) is 1. The molecule has 0 unspecified atom stereocenters. The van der Waals surface area contributed by atoms with Crippen molar-refractivity contribution in [1.29, 1.82) is 0 Å². The summed E-state index contributed by atoms with van der Waals surface area (Å²) in [6, 6.07) is 11.2. The maximum atomic E-state index is 12.6. The highest BCUT2D eigenvalue weighted by molar-refractivity contribution is 5.96. The molecule has 5 heteroatoms. The second-order valence-electron chi connectivity index (χ2n) is 6.25. The van der Waals surface area contributed by atoms with E-state index < -0.39 is 0 Å². The predicted molar refractivity (Wildman–Crippen MR) is 100 cm³/mol. The Morgan fingerprint density at radius 3 is 2.65 bits per heavy atom. The second kappa shape index (κ2) is 8.13. The van der Waals surface area contributed by atoms with E-state index in [1.165, 1.54) is 0 Å². The van der Waals surface area contributed by atoms with Crippen molar-refractivity contribution in [3.63, 3.8) is 0 Å². The van der Waals surface area contributed by atoms with E-state index >= 15 is 0 Å². The van der Waals surface area contributed by atoms with Crippen molar-refractivity contribution in [2.75, 3.05) is 13.2 Å². The summed E-state index contributed by atoms with van der Waals surface area (Å²) in [5.74, 6) is 2.08. The van der Waals surface area contributed by atoms with Crippen molar-refractivity contribution in [3.8, 4) is 17.2 Å². The van der Waals surface area contributed by atoms with Gasteiger partial charge in [0.05, 0.1) is 18.8 Å². The molecule has 5 nitrogen and oxygen atoms in total. The van der Waals surface area contributed by atoms with Crippen LogP contribution in [0.2, 0.25) is 0 Å². The molecule has 0 spiro atoms. The third kappa shape index (κ3) is 3.93. The monoisotopic (exact) mass is 355 g/mol. The van der Waals surface area contributed by atoms with Crippen LogP contribution in [0, 0.1) is 0 Å². The van der Waals surface area contributed by atoms with Crippen molar-refractivity contribution in [2.45, 2.75) is 39.8 Å². The summed E-state index contributed by atoms with van der Waals surface area (Å²) >= 11 is 0. The van der Waals surface area contributed by atoms with Crippen molar-refractivity contribution >= 4 is 5.91 Å². The molecule has 1 aliphatic heterocycles. The maximum Gasteiger partial charge on any atom is 0.255 e. The molecular weight excluding hydrogens is 330 g/mol. The Hall–Kier alpha value is -2.69. The Balaban J connectivity index is 1.77. The lowest BCUT2D eigenvalue weighted by atomic mass is 10.1.